The molecule has 1 saturated carbocycles. The Morgan fingerprint density at radius 2 is 2.00 bits per heavy atom. The van der Waals surface area contributed by atoms with Crippen LogP contribution in [0.3, 0.4) is 0 Å². The van der Waals surface area contributed by atoms with E-state index in [9.17, 15) is 4.21 Å². The maximum Gasteiger partial charge on any atom is 0.142 e. The Morgan fingerprint density at radius 3 is 2.70 bits per heavy atom. The maximum absolute atomic E-state index is 11.4. The molecule has 2 aromatic heterocycles. The van der Waals surface area contributed by atoms with Crippen LogP contribution in [0.4, 0.5) is 5.82 Å². The van der Waals surface area contributed by atoms with E-state index in [1.807, 2.05) is 31.3 Å². The van der Waals surface area contributed by atoms with E-state index >= 15 is 0 Å². The fourth-order valence-electron chi connectivity index (χ4n) is 4.24. The number of aryl methyl sites for hydroxylation is 1. The number of piperidine rings is 1. The molecule has 6 nitrogen and oxygen atoms in total. The van der Waals surface area contributed by atoms with Crippen LogP contribution in [-0.2, 0) is 18.0 Å². The van der Waals surface area contributed by atoms with Gasteiger partial charge in [0.25, 0.3) is 0 Å². The lowest BCUT2D eigenvalue weighted by Crippen LogP contribution is -2.32. The number of nitrogens with one attached hydrogen (secondary N) is 1. The molecule has 3 heterocycles. The van der Waals surface area contributed by atoms with Crippen molar-refractivity contribution >= 4 is 39.4 Å². The van der Waals surface area contributed by atoms with Gasteiger partial charge >= 0.3 is 0 Å². The Morgan fingerprint density at radius 1 is 1.26 bits per heavy atom. The quantitative estimate of drug-likeness (QED) is 0.730. The van der Waals surface area contributed by atoms with Crippen molar-refractivity contribution < 1.29 is 4.21 Å². The Labute approximate surface area is 165 Å². The predicted molar refractivity (Wildman–Crippen MR) is 109 cm³/mol. The molecule has 5 rings (SSSR count). The number of hydrogen-bond donors (Lipinski definition) is 1. The van der Waals surface area contributed by atoms with Crippen molar-refractivity contribution in [3.05, 3.63) is 41.6 Å². The minimum absolute atomic E-state index is 0.374. The lowest BCUT2D eigenvalue weighted by Gasteiger charge is -2.21. The van der Waals surface area contributed by atoms with Gasteiger partial charge < -0.3 is 9.47 Å². The highest BCUT2D eigenvalue weighted by Crippen LogP contribution is 2.47. The monoisotopic (exact) mass is 401 g/mol. The third-order valence-electron chi connectivity index (χ3n) is 5.69. The number of para-hydroxylation sites is 2. The van der Waals surface area contributed by atoms with Crippen LogP contribution in [0.25, 0.3) is 22.4 Å². The zero-order valence-electron chi connectivity index (χ0n) is 15.1. The molecule has 1 aliphatic carbocycles. The molecule has 8 heteroatoms. The summed E-state index contributed by atoms with van der Waals surface area (Å²) in [5, 5.41) is 0.599. The van der Waals surface area contributed by atoms with Gasteiger partial charge in [0.2, 0.25) is 0 Å². The van der Waals surface area contributed by atoms with E-state index < -0.39 is 11.0 Å². The molecule has 0 radical (unpaired) electrons. The van der Waals surface area contributed by atoms with Gasteiger partial charge in [0.05, 0.1) is 27.0 Å². The minimum Gasteiger partial charge on any atom is -0.356 e. The minimum atomic E-state index is -0.953. The predicted octanol–water partition coefficient (Wildman–Crippen LogP) is 2.61. The van der Waals surface area contributed by atoms with Gasteiger partial charge in [-0.05, 0) is 30.0 Å². The fourth-order valence-corrected chi connectivity index (χ4v) is 5.16. The summed E-state index contributed by atoms with van der Waals surface area (Å²) in [6.45, 7) is 1.85. The number of hydrogen-bond acceptors (Lipinski definition) is 4. The second-order valence-electron chi connectivity index (χ2n) is 7.34. The number of pyridine rings is 1. The van der Waals surface area contributed by atoms with Crippen molar-refractivity contribution in [2.24, 2.45) is 18.9 Å². The first-order chi connectivity index (χ1) is 13.0. The van der Waals surface area contributed by atoms with Crippen molar-refractivity contribution in [2.45, 2.75) is 6.04 Å². The zero-order chi connectivity index (χ0) is 18.7. The number of halogens is 1. The normalized spacial score (nSPS) is 25.0. The topological polar surface area (TPSA) is 63.0 Å². The molecule has 1 saturated heterocycles. The van der Waals surface area contributed by atoms with E-state index in [0.29, 0.717) is 22.9 Å². The van der Waals surface area contributed by atoms with E-state index in [1.54, 1.807) is 12.5 Å². The molecule has 0 amide bonds. The van der Waals surface area contributed by atoms with Gasteiger partial charge in [0.15, 0.2) is 0 Å². The number of nitrogens with zero attached hydrogens (tertiary/aromatic N) is 4. The average molecular weight is 402 g/mol. The van der Waals surface area contributed by atoms with Crippen LogP contribution in [0.1, 0.15) is 0 Å². The van der Waals surface area contributed by atoms with E-state index in [0.717, 1.165) is 41.3 Å². The number of anilines is 1. The molecule has 1 aliphatic heterocycles. The van der Waals surface area contributed by atoms with Crippen LogP contribution in [0.2, 0.25) is 5.02 Å². The maximum atomic E-state index is 11.4. The second kappa shape index (κ2) is 6.29. The first-order valence-corrected chi connectivity index (χ1v) is 10.9. The number of imidazole rings is 1. The van der Waals surface area contributed by atoms with E-state index in [1.165, 1.54) is 0 Å². The van der Waals surface area contributed by atoms with Gasteiger partial charge in [-0.15, -0.1) is 0 Å². The Hall–Kier alpha value is -1.96. The summed E-state index contributed by atoms with van der Waals surface area (Å²) in [5.74, 6) is 2.86. The van der Waals surface area contributed by atoms with Gasteiger partial charge in [-0.25, -0.2) is 18.9 Å². The lowest BCUT2D eigenvalue weighted by atomic mass is 10.2. The summed E-state index contributed by atoms with van der Waals surface area (Å²) in [7, 11) is 1.05. The van der Waals surface area contributed by atoms with Gasteiger partial charge in [-0.1, -0.05) is 23.7 Å². The zero-order valence-corrected chi connectivity index (χ0v) is 16.7. The highest BCUT2D eigenvalue weighted by atomic mass is 35.5. The summed E-state index contributed by atoms with van der Waals surface area (Å²) < 4.78 is 16.6. The molecule has 4 atom stereocenters. The average Bonchev–Trinajstić information content (AvgIpc) is 2.99. The summed E-state index contributed by atoms with van der Waals surface area (Å²) in [6, 6.07) is 10.5. The smallest absolute Gasteiger partial charge is 0.142 e. The van der Waals surface area contributed by atoms with Crippen molar-refractivity contribution in [1.29, 1.82) is 0 Å². The van der Waals surface area contributed by atoms with Crippen molar-refractivity contribution in [3.63, 3.8) is 0 Å². The van der Waals surface area contributed by atoms with Gasteiger partial charge in [-0.3, -0.25) is 0 Å². The van der Waals surface area contributed by atoms with Crippen LogP contribution < -0.4 is 9.62 Å². The molecule has 27 heavy (non-hydrogen) atoms. The highest BCUT2D eigenvalue weighted by molar-refractivity contribution is 7.82. The number of rotatable bonds is 4. The summed E-state index contributed by atoms with van der Waals surface area (Å²) in [5.41, 5.74) is 2.92. The van der Waals surface area contributed by atoms with Gasteiger partial charge in [0, 0.05) is 44.2 Å². The fraction of sp³-hybridized carbons (Fsp3) is 0.368. The number of fused-ring (bicyclic) bond motifs is 2. The molecule has 2 unspecified atom stereocenters. The SMILES string of the molecule is Cn1c(-c2cc(N3C[C@@H]4C(NS(C)=O)[C@@H]4C3)ncc2Cl)nc2ccccc21. The Balaban J connectivity index is 1.44. The largest absolute Gasteiger partial charge is 0.356 e. The molecular formula is C19H20ClN5OS. The van der Waals surface area contributed by atoms with Crippen molar-refractivity contribution in [2.75, 3.05) is 24.2 Å². The molecule has 140 valence electrons. The third kappa shape index (κ3) is 2.85. The summed E-state index contributed by atoms with van der Waals surface area (Å²) in [6.07, 6.45) is 3.40. The molecule has 0 spiro atoms. The molecular weight excluding hydrogens is 382 g/mol. The third-order valence-corrected chi connectivity index (χ3v) is 6.59. The van der Waals surface area contributed by atoms with Crippen LogP contribution in [0.15, 0.2) is 36.5 Å². The highest BCUT2D eigenvalue weighted by Gasteiger charge is 2.56. The van der Waals surface area contributed by atoms with Crippen molar-refractivity contribution in [1.82, 2.24) is 19.3 Å². The number of aromatic nitrogens is 3. The van der Waals surface area contributed by atoms with E-state index in [4.69, 9.17) is 16.6 Å². The van der Waals surface area contributed by atoms with Crippen LogP contribution in [0.5, 0.6) is 0 Å². The molecule has 1 N–H and O–H groups in total. The molecule has 1 aromatic carbocycles. The molecule has 2 fully saturated rings. The second-order valence-corrected chi connectivity index (χ2v) is 8.89. The van der Waals surface area contributed by atoms with E-state index in [2.05, 4.69) is 25.2 Å². The van der Waals surface area contributed by atoms with Crippen LogP contribution in [0, 0.1) is 11.8 Å². The van der Waals surface area contributed by atoms with Crippen LogP contribution in [-0.4, -0.2) is 44.1 Å². The Kier molecular flexibility index (Phi) is 4.00. The standard InChI is InChI=1S/C19H20ClN5OS/c1-24-16-6-4-3-5-15(16)22-19(24)11-7-17(21-8-14(11)20)25-9-12-13(10-25)18(12)23-27(2)26/h3-8,12-13,18,23H,9-10H2,1-2H3/t12-,13+,18?,27?. The van der Waals surface area contributed by atoms with E-state index in [-0.39, 0.29) is 0 Å². The lowest BCUT2D eigenvalue weighted by molar-refractivity contribution is 0.654. The first kappa shape index (κ1) is 17.2. The number of benzene rings is 1. The van der Waals surface area contributed by atoms with Crippen molar-refractivity contribution in [3.8, 4) is 11.4 Å². The first-order valence-electron chi connectivity index (χ1n) is 8.95. The van der Waals surface area contributed by atoms with Gasteiger partial charge in [0.1, 0.15) is 11.6 Å². The molecule has 0 bridgehead atoms. The molecule has 2 aliphatic rings. The summed E-state index contributed by atoms with van der Waals surface area (Å²) >= 11 is 6.48. The van der Waals surface area contributed by atoms with Crippen LogP contribution >= 0.6 is 11.6 Å². The summed E-state index contributed by atoms with van der Waals surface area (Å²) in [4.78, 5) is 11.6. The van der Waals surface area contributed by atoms with Gasteiger partial charge in [-0.2, -0.15) is 0 Å². The molecule has 3 aromatic rings. The Bertz CT molecular complexity index is 1060.